The highest BCUT2D eigenvalue weighted by Crippen LogP contribution is 2.32. The number of carbonyl (C=O) groups excluding carboxylic acids is 1. The van der Waals surface area contributed by atoms with E-state index in [4.69, 9.17) is 0 Å². The van der Waals surface area contributed by atoms with Crippen molar-refractivity contribution in [1.82, 2.24) is 15.1 Å². The van der Waals surface area contributed by atoms with Gasteiger partial charge in [0.1, 0.15) is 6.54 Å². The maximum absolute atomic E-state index is 13.1. The maximum atomic E-state index is 13.1. The topological polar surface area (TPSA) is 84.2 Å². The molecule has 2 atom stereocenters. The molecular weight excluding hydrogens is 387 g/mol. The monoisotopic (exact) mass is 411 g/mol. The molecule has 0 bridgehead atoms. The van der Waals surface area contributed by atoms with E-state index < -0.39 is 28.8 Å². The molecule has 6 nitrogen and oxygen atoms in total. The third-order valence-corrected chi connectivity index (χ3v) is 5.24. The van der Waals surface area contributed by atoms with Crippen LogP contribution in [0.3, 0.4) is 0 Å². The largest absolute Gasteiger partial charge is 0.416 e. The van der Waals surface area contributed by atoms with Crippen LogP contribution in [0.15, 0.2) is 23.0 Å². The molecule has 2 N–H and O–H groups in total. The van der Waals surface area contributed by atoms with Gasteiger partial charge >= 0.3 is 6.18 Å². The van der Waals surface area contributed by atoms with Crippen LogP contribution in [0.5, 0.6) is 0 Å². The van der Waals surface area contributed by atoms with Crippen molar-refractivity contribution in [3.05, 3.63) is 39.8 Å². The molecule has 1 aliphatic carbocycles. The molecule has 1 amide bonds. The number of aromatic nitrogens is 2. The number of fused-ring (bicyclic) bond motifs is 1. The molecule has 158 valence electrons. The minimum Gasteiger partial charge on any atom is -0.390 e. The molecule has 1 fully saturated rings. The van der Waals surface area contributed by atoms with Crippen molar-refractivity contribution in [2.75, 3.05) is 0 Å². The molecule has 2 aromatic rings. The molecule has 1 heterocycles. The first kappa shape index (κ1) is 21.3. The lowest BCUT2D eigenvalue weighted by Gasteiger charge is -2.18. The van der Waals surface area contributed by atoms with Gasteiger partial charge in [-0.15, -0.1) is 0 Å². The number of nitrogens with one attached hydrogen (secondary N) is 1. The molecule has 0 aliphatic heterocycles. The van der Waals surface area contributed by atoms with E-state index >= 15 is 0 Å². The molecule has 0 spiro atoms. The third-order valence-electron chi connectivity index (χ3n) is 5.24. The summed E-state index contributed by atoms with van der Waals surface area (Å²) in [5.74, 6) is -0.677. The number of hydrogen-bond acceptors (Lipinski definition) is 4. The maximum Gasteiger partial charge on any atom is 0.416 e. The second-order valence-electron chi connectivity index (χ2n) is 8.27. The summed E-state index contributed by atoms with van der Waals surface area (Å²) in [7, 11) is 0. The first-order chi connectivity index (χ1) is 13.4. The van der Waals surface area contributed by atoms with Crippen LogP contribution < -0.4 is 10.9 Å². The van der Waals surface area contributed by atoms with Crippen molar-refractivity contribution in [2.45, 2.75) is 70.3 Å². The van der Waals surface area contributed by atoms with Crippen LogP contribution in [0, 0.1) is 0 Å². The van der Waals surface area contributed by atoms with Gasteiger partial charge in [-0.3, -0.25) is 9.59 Å². The Bertz CT molecular complexity index is 996. The molecule has 0 radical (unpaired) electrons. The van der Waals surface area contributed by atoms with Crippen LogP contribution in [0.1, 0.15) is 57.2 Å². The Hall–Kier alpha value is -2.42. The van der Waals surface area contributed by atoms with Crippen molar-refractivity contribution in [1.29, 1.82) is 0 Å². The summed E-state index contributed by atoms with van der Waals surface area (Å²) >= 11 is 0. The average molecular weight is 411 g/mol. The van der Waals surface area contributed by atoms with Gasteiger partial charge in [-0.2, -0.15) is 18.3 Å². The molecule has 0 unspecified atom stereocenters. The lowest BCUT2D eigenvalue weighted by molar-refractivity contribution is -0.137. The summed E-state index contributed by atoms with van der Waals surface area (Å²) in [6, 6.07) is 2.74. The van der Waals surface area contributed by atoms with Crippen molar-refractivity contribution < 1.29 is 23.1 Å². The lowest BCUT2D eigenvalue weighted by Crippen LogP contribution is -2.39. The molecular formula is C20H24F3N3O3. The van der Waals surface area contributed by atoms with Crippen molar-refractivity contribution in [3.63, 3.8) is 0 Å². The van der Waals surface area contributed by atoms with Crippen LogP contribution in [-0.4, -0.2) is 32.4 Å². The molecule has 29 heavy (non-hydrogen) atoms. The molecule has 1 saturated carbocycles. The minimum atomic E-state index is -4.53. The number of rotatable bonds is 4. The molecule has 1 aromatic carbocycles. The molecule has 1 aromatic heterocycles. The van der Waals surface area contributed by atoms with Gasteiger partial charge in [-0.25, -0.2) is 4.68 Å². The summed E-state index contributed by atoms with van der Waals surface area (Å²) in [4.78, 5) is 25.1. The number of halogens is 3. The Labute approximate surface area is 165 Å². The SMILES string of the molecule is CC(C)c1nn(CC(=O)N[C@@H]2CC[C@@](C)(O)C2)c(=O)c2ccc(C(F)(F)F)cc12. The van der Waals surface area contributed by atoms with E-state index in [1.165, 1.54) is 0 Å². The van der Waals surface area contributed by atoms with Crippen LogP contribution in [-0.2, 0) is 17.5 Å². The van der Waals surface area contributed by atoms with Gasteiger partial charge in [0.05, 0.1) is 22.2 Å². The van der Waals surface area contributed by atoms with Crippen molar-refractivity contribution in [2.24, 2.45) is 0 Å². The Morgan fingerprint density at radius 1 is 1.38 bits per heavy atom. The highest BCUT2D eigenvalue weighted by molar-refractivity contribution is 5.85. The first-order valence-corrected chi connectivity index (χ1v) is 9.51. The summed E-state index contributed by atoms with van der Waals surface area (Å²) in [5.41, 5.74) is -1.97. The van der Waals surface area contributed by atoms with Gasteiger partial charge in [0.25, 0.3) is 5.56 Å². The normalized spacial score (nSPS) is 22.4. The smallest absolute Gasteiger partial charge is 0.390 e. The van der Waals surface area contributed by atoms with Gasteiger partial charge < -0.3 is 10.4 Å². The zero-order valence-corrected chi connectivity index (χ0v) is 16.5. The van der Waals surface area contributed by atoms with E-state index in [-0.39, 0.29) is 29.3 Å². The standard InChI is InChI=1S/C20H24F3N3O3/c1-11(2)17-15-8-12(20(21,22)23)4-5-14(15)18(28)26(25-17)10-16(27)24-13-6-7-19(3,29)9-13/h4-5,8,11,13,29H,6-7,9-10H2,1-3H3,(H,24,27)/t13-,19-/m1/s1. The summed E-state index contributed by atoms with van der Waals surface area (Å²) in [6.07, 6.45) is -2.89. The molecule has 9 heteroatoms. The number of carbonyl (C=O) groups is 1. The quantitative estimate of drug-likeness (QED) is 0.810. The fraction of sp³-hybridized carbons (Fsp3) is 0.550. The first-order valence-electron chi connectivity index (χ1n) is 9.51. The fourth-order valence-corrected chi connectivity index (χ4v) is 3.77. The van der Waals surface area contributed by atoms with E-state index in [1.54, 1.807) is 20.8 Å². The number of benzene rings is 1. The predicted molar refractivity (Wildman–Crippen MR) is 101 cm³/mol. The van der Waals surface area contributed by atoms with Crippen LogP contribution in [0.4, 0.5) is 13.2 Å². The zero-order valence-electron chi connectivity index (χ0n) is 16.5. The highest BCUT2D eigenvalue weighted by atomic mass is 19.4. The number of aliphatic hydroxyl groups is 1. The van der Waals surface area contributed by atoms with Crippen molar-refractivity contribution in [3.8, 4) is 0 Å². The van der Waals surface area contributed by atoms with Crippen LogP contribution in [0.25, 0.3) is 10.8 Å². The third kappa shape index (κ3) is 4.60. The molecule has 1 aliphatic rings. The second kappa shape index (κ2) is 7.44. The minimum absolute atomic E-state index is 0.0910. The number of nitrogens with zero attached hydrogens (tertiary/aromatic N) is 2. The summed E-state index contributed by atoms with van der Waals surface area (Å²) in [5, 5.41) is 17.2. The Morgan fingerprint density at radius 3 is 2.62 bits per heavy atom. The number of hydrogen-bond donors (Lipinski definition) is 2. The van der Waals surface area contributed by atoms with Gasteiger partial charge in [0.2, 0.25) is 5.91 Å². The van der Waals surface area contributed by atoms with E-state index in [2.05, 4.69) is 10.4 Å². The lowest BCUT2D eigenvalue weighted by atomic mass is 10.0. The van der Waals surface area contributed by atoms with E-state index in [0.717, 1.165) is 22.9 Å². The van der Waals surface area contributed by atoms with Crippen LogP contribution >= 0.6 is 0 Å². The predicted octanol–water partition coefficient (Wildman–Crippen LogP) is 2.96. The zero-order chi connectivity index (χ0) is 21.6. The summed E-state index contributed by atoms with van der Waals surface area (Å²) in [6.45, 7) is 4.89. The fourth-order valence-electron chi connectivity index (χ4n) is 3.77. The van der Waals surface area contributed by atoms with Crippen LogP contribution in [0.2, 0.25) is 0 Å². The summed E-state index contributed by atoms with van der Waals surface area (Å²) < 4.78 is 40.2. The van der Waals surface area contributed by atoms with E-state index in [0.29, 0.717) is 25.0 Å². The van der Waals surface area contributed by atoms with Crippen molar-refractivity contribution >= 4 is 16.7 Å². The Balaban J connectivity index is 1.93. The number of amides is 1. The molecule has 0 saturated heterocycles. The second-order valence-corrected chi connectivity index (χ2v) is 8.27. The van der Waals surface area contributed by atoms with Gasteiger partial charge in [-0.05, 0) is 50.3 Å². The highest BCUT2D eigenvalue weighted by Gasteiger charge is 2.34. The average Bonchev–Trinajstić information content (AvgIpc) is 2.94. The van der Waals surface area contributed by atoms with E-state index in [9.17, 15) is 27.9 Å². The van der Waals surface area contributed by atoms with E-state index in [1.807, 2.05) is 0 Å². The number of alkyl halides is 3. The van der Waals surface area contributed by atoms with Gasteiger partial charge in [0.15, 0.2) is 0 Å². The Morgan fingerprint density at radius 2 is 2.07 bits per heavy atom. The van der Waals surface area contributed by atoms with Gasteiger partial charge in [-0.1, -0.05) is 13.8 Å². The van der Waals surface area contributed by atoms with Gasteiger partial charge in [0, 0.05) is 11.4 Å². The Kier molecular flexibility index (Phi) is 5.46. The molecule has 3 rings (SSSR count).